The Balaban J connectivity index is 0.974. The Kier molecular flexibility index (Phi) is 7.58. The molecule has 2 aromatic heterocycles. The van der Waals surface area contributed by atoms with Crippen molar-refractivity contribution < 1.29 is 4.42 Å². The van der Waals surface area contributed by atoms with Gasteiger partial charge in [-0.2, -0.15) is 0 Å². The van der Waals surface area contributed by atoms with E-state index in [0.717, 1.165) is 61.1 Å². The largest absolute Gasteiger partial charge is 0.456 e. The van der Waals surface area contributed by atoms with Crippen molar-refractivity contribution in [3.05, 3.63) is 205 Å². The number of hydrogen-bond acceptors (Lipinski definition) is 3. The Labute approximate surface area is 348 Å². The molecular formula is C57H38N2O. The van der Waals surface area contributed by atoms with Crippen LogP contribution in [0, 0.1) is 0 Å². The van der Waals surface area contributed by atoms with Crippen LogP contribution in [0.2, 0.25) is 0 Å². The predicted molar refractivity (Wildman–Crippen MR) is 249 cm³/mol. The minimum Gasteiger partial charge on any atom is -0.456 e. The van der Waals surface area contributed by atoms with Crippen LogP contribution in [0.25, 0.3) is 111 Å². The zero-order valence-electron chi connectivity index (χ0n) is 33.3. The average molecular weight is 767 g/mol. The van der Waals surface area contributed by atoms with Crippen LogP contribution < -0.4 is 0 Å². The molecule has 9 aromatic carbocycles. The second-order valence-corrected chi connectivity index (χ2v) is 16.5. The number of fused-ring (bicyclic) bond motifs is 9. The van der Waals surface area contributed by atoms with Crippen LogP contribution in [0.15, 0.2) is 199 Å². The summed E-state index contributed by atoms with van der Waals surface area (Å²) in [5, 5.41) is 7.23. The van der Waals surface area contributed by atoms with Gasteiger partial charge in [-0.15, -0.1) is 0 Å². The van der Waals surface area contributed by atoms with Crippen molar-refractivity contribution in [2.75, 3.05) is 0 Å². The third kappa shape index (κ3) is 5.36. The van der Waals surface area contributed by atoms with Crippen LogP contribution >= 0.6 is 0 Å². The first-order chi connectivity index (χ1) is 29.5. The quantitative estimate of drug-likeness (QED) is 0.175. The fraction of sp³-hybridized carbons (Fsp3) is 0.0526. The zero-order chi connectivity index (χ0) is 40.0. The highest BCUT2D eigenvalue weighted by Gasteiger charge is 2.37. The van der Waals surface area contributed by atoms with E-state index in [0.29, 0.717) is 5.82 Å². The molecule has 1 aliphatic rings. The van der Waals surface area contributed by atoms with Gasteiger partial charge in [-0.3, -0.25) is 0 Å². The van der Waals surface area contributed by atoms with Gasteiger partial charge < -0.3 is 4.42 Å². The highest BCUT2D eigenvalue weighted by molar-refractivity contribution is 6.22. The fourth-order valence-electron chi connectivity index (χ4n) is 9.67. The van der Waals surface area contributed by atoms with E-state index >= 15 is 0 Å². The van der Waals surface area contributed by atoms with Gasteiger partial charge in [-0.05, 0) is 102 Å². The summed E-state index contributed by atoms with van der Waals surface area (Å²) < 4.78 is 6.41. The maximum Gasteiger partial charge on any atom is 0.160 e. The van der Waals surface area contributed by atoms with Crippen LogP contribution in [0.4, 0.5) is 0 Å². The Morgan fingerprint density at radius 2 is 1.02 bits per heavy atom. The van der Waals surface area contributed by atoms with Gasteiger partial charge in [-0.25, -0.2) is 9.97 Å². The maximum atomic E-state index is 6.41. The third-order valence-corrected chi connectivity index (χ3v) is 12.7. The van der Waals surface area contributed by atoms with Crippen LogP contribution in [0.5, 0.6) is 0 Å². The van der Waals surface area contributed by atoms with Crippen molar-refractivity contribution in [2.45, 2.75) is 19.3 Å². The molecule has 0 N–H and O–H groups in total. The summed E-state index contributed by atoms with van der Waals surface area (Å²) in [4.78, 5) is 10.4. The van der Waals surface area contributed by atoms with Gasteiger partial charge >= 0.3 is 0 Å². The molecule has 60 heavy (non-hydrogen) atoms. The van der Waals surface area contributed by atoms with Crippen molar-refractivity contribution in [3.8, 4) is 67.3 Å². The van der Waals surface area contributed by atoms with Crippen LogP contribution in [0.1, 0.15) is 25.0 Å². The fourth-order valence-corrected chi connectivity index (χ4v) is 9.67. The Bertz CT molecular complexity index is 3500. The lowest BCUT2D eigenvalue weighted by atomic mass is 9.81. The van der Waals surface area contributed by atoms with Gasteiger partial charge in [0.25, 0.3) is 0 Å². The zero-order valence-corrected chi connectivity index (χ0v) is 33.3. The number of furan rings is 1. The van der Waals surface area contributed by atoms with Crippen molar-refractivity contribution in [3.63, 3.8) is 0 Å². The second kappa shape index (κ2) is 13.2. The summed E-state index contributed by atoms with van der Waals surface area (Å²) >= 11 is 0. The molecule has 11 aromatic rings. The minimum atomic E-state index is -0.114. The van der Waals surface area contributed by atoms with E-state index in [1.54, 1.807) is 0 Å². The molecule has 0 atom stereocenters. The number of benzene rings is 9. The van der Waals surface area contributed by atoms with E-state index in [9.17, 15) is 0 Å². The lowest BCUT2D eigenvalue weighted by Gasteiger charge is -2.22. The number of aromatic nitrogens is 2. The molecule has 0 aliphatic heterocycles. The number of hydrogen-bond donors (Lipinski definition) is 0. The Hall–Kier alpha value is -7.62. The molecule has 2 heterocycles. The first-order valence-electron chi connectivity index (χ1n) is 20.6. The number of nitrogens with zero attached hydrogens (tertiary/aromatic N) is 2. The minimum absolute atomic E-state index is 0.114. The summed E-state index contributed by atoms with van der Waals surface area (Å²) in [5.74, 6) is 0.697. The molecule has 0 saturated carbocycles. The molecular weight excluding hydrogens is 729 g/mol. The van der Waals surface area contributed by atoms with Gasteiger partial charge in [0.15, 0.2) is 5.82 Å². The van der Waals surface area contributed by atoms with E-state index in [4.69, 9.17) is 14.4 Å². The summed E-state index contributed by atoms with van der Waals surface area (Å²) in [5.41, 5.74) is 16.5. The van der Waals surface area contributed by atoms with Gasteiger partial charge in [0, 0.05) is 32.9 Å². The van der Waals surface area contributed by atoms with E-state index in [1.807, 2.05) is 18.2 Å². The van der Waals surface area contributed by atoms with Crippen molar-refractivity contribution >= 4 is 43.5 Å². The topological polar surface area (TPSA) is 38.9 Å². The van der Waals surface area contributed by atoms with E-state index < -0.39 is 0 Å². The molecule has 1 aliphatic carbocycles. The molecule has 0 fully saturated rings. The first-order valence-corrected chi connectivity index (χ1v) is 20.6. The molecule has 3 nitrogen and oxygen atoms in total. The van der Waals surface area contributed by atoms with Gasteiger partial charge in [0.05, 0.1) is 11.4 Å². The van der Waals surface area contributed by atoms with Gasteiger partial charge in [0.2, 0.25) is 0 Å². The highest BCUT2D eigenvalue weighted by atomic mass is 16.3. The summed E-state index contributed by atoms with van der Waals surface area (Å²) in [7, 11) is 0. The summed E-state index contributed by atoms with van der Waals surface area (Å²) in [6, 6.07) is 69.4. The second-order valence-electron chi connectivity index (χ2n) is 16.5. The summed E-state index contributed by atoms with van der Waals surface area (Å²) in [6.45, 7) is 4.71. The smallest absolute Gasteiger partial charge is 0.160 e. The van der Waals surface area contributed by atoms with Gasteiger partial charge in [-0.1, -0.05) is 172 Å². The molecule has 0 amide bonds. The lowest BCUT2D eigenvalue weighted by molar-refractivity contribution is 0.661. The van der Waals surface area contributed by atoms with Crippen LogP contribution in [0.3, 0.4) is 0 Å². The Morgan fingerprint density at radius 3 is 1.85 bits per heavy atom. The molecule has 3 heteroatoms. The normalized spacial score (nSPS) is 13.0. The lowest BCUT2D eigenvalue weighted by Crippen LogP contribution is -2.14. The standard InChI is InChI=1S/C57H38N2O/c1-57(2)47-23-11-21-45(53(47)46-32-39-16-6-7-17-40(39)33-48(46)57)41-18-10-19-42(31-41)50-34-49(58-56(59-50)38-14-4-3-5-15-38)37-27-25-36(26-28-37)44-22-12-24-51-54(44)55-43-20-9-8-13-35(43)29-30-52(55)60-51/h3-34H,1-2H3. The predicted octanol–water partition coefficient (Wildman–Crippen LogP) is 15.3. The van der Waals surface area contributed by atoms with Crippen molar-refractivity contribution in [2.24, 2.45) is 0 Å². The molecule has 0 unspecified atom stereocenters. The SMILES string of the molecule is CC1(C)c2cc3ccccc3cc2-c2c(-c3cccc(-c4cc(-c5ccc(-c6cccc7oc8ccc9ccccc9c8c67)cc5)nc(-c5ccccc5)n4)c3)cccc21. The van der Waals surface area contributed by atoms with Crippen LogP contribution in [-0.4, -0.2) is 9.97 Å². The van der Waals surface area contributed by atoms with Crippen LogP contribution in [-0.2, 0) is 5.41 Å². The average Bonchev–Trinajstić information content (AvgIpc) is 3.80. The first kappa shape index (κ1) is 34.4. The molecule has 0 spiro atoms. The number of rotatable bonds is 5. The van der Waals surface area contributed by atoms with E-state index in [2.05, 4.69) is 190 Å². The molecule has 0 radical (unpaired) electrons. The van der Waals surface area contributed by atoms with E-state index in [1.165, 1.54) is 54.9 Å². The Morgan fingerprint density at radius 1 is 0.383 bits per heavy atom. The monoisotopic (exact) mass is 766 g/mol. The molecule has 12 rings (SSSR count). The van der Waals surface area contributed by atoms with Crippen molar-refractivity contribution in [1.29, 1.82) is 0 Å². The third-order valence-electron chi connectivity index (χ3n) is 12.7. The summed E-state index contributed by atoms with van der Waals surface area (Å²) in [6.07, 6.45) is 0. The van der Waals surface area contributed by atoms with Crippen molar-refractivity contribution in [1.82, 2.24) is 9.97 Å². The van der Waals surface area contributed by atoms with E-state index in [-0.39, 0.29) is 5.41 Å². The molecule has 0 saturated heterocycles. The van der Waals surface area contributed by atoms with Gasteiger partial charge in [0.1, 0.15) is 11.2 Å². The highest BCUT2D eigenvalue weighted by Crippen LogP contribution is 2.53. The maximum absolute atomic E-state index is 6.41. The molecule has 0 bridgehead atoms. The molecule has 282 valence electrons.